The quantitative estimate of drug-likeness (QED) is 0.609. The summed E-state index contributed by atoms with van der Waals surface area (Å²) >= 11 is 0. The average Bonchev–Trinajstić information content (AvgIpc) is 3.26. The summed E-state index contributed by atoms with van der Waals surface area (Å²) in [4.78, 5) is 41.2. The maximum Gasteiger partial charge on any atom is 0.240 e. The van der Waals surface area contributed by atoms with Gasteiger partial charge in [0, 0.05) is 0 Å². The van der Waals surface area contributed by atoms with Crippen molar-refractivity contribution in [2.45, 2.75) is 19.0 Å². The monoisotopic (exact) mass is 409 g/mol. The second kappa shape index (κ2) is 6.35. The van der Waals surface area contributed by atoms with Gasteiger partial charge in [-0.1, -0.05) is 54.6 Å². The van der Waals surface area contributed by atoms with Gasteiger partial charge in [-0.2, -0.15) is 5.10 Å². The van der Waals surface area contributed by atoms with Crippen molar-refractivity contribution < 1.29 is 14.4 Å². The molecule has 6 heteroatoms. The van der Waals surface area contributed by atoms with Crippen molar-refractivity contribution in [3.63, 3.8) is 0 Å². The minimum absolute atomic E-state index is 0.157. The highest BCUT2D eigenvalue weighted by Gasteiger charge is 2.64. The number of carbonyl (C=O) groups is 3. The molecule has 6 nitrogen and oxygen atoms in total. The maximum atomic E-state index is 13.7. The molecular formula is C25H19N3O3. The van der Waals surface area contributed by atoms with Crippen LogP contribution in [0.3, 0.4) is 0 Å². The molecule has 31 heavy (non-hydrogen) atoms. The first-order valence-electron chi connectivity index (χ1n) is 10.3. The first-order chi connectivity index (χ1) is 15.1. The lowest BCUT2D eigenvalue weighted by atomic mass is 9.84. The molecule has 2 fully saturated rings. The van der Waals surface area contributed by atoms with E-state index in [1.807, 2.05) is 60.7 Å². The van der Waals surface area contributed by atoms with Gasteiger partial charge in [0.25, 0.3) is 0 Å². The molecule has 0 N–H and O–H groups in total. The van der Waals surface area contributed by atoms with E-state index >= 15 is 0 Å². The minimum atomic E-state index is -0.749. The SMILES string of the molecule is CC(=O)[C@H]1[C@H]2C(=O)N(c3ccc4ccccc4c3)C(=O)[C@H]2[C@H]2c3ccccc3C=NN21. The van der Waals surface area contributed by atoms with Crippen molar-refractivity contribution in [1.29, 1.82) is 0 Å². The standard InChI is InChI=1S/C25H19N3O3/c1-14(29)22-20-21(23-19-9-5-4-8-17(19)13-26-28(22)23)25(31)27(24(20)30)18-11-10-15-6-2-3-7-16(15)12-18/h2-13,20-23H,1H3/t20-,21+,22-,23+/m0/s1. The molecule has 0 saturated carbocycles. The number of carbonyl (C=O) groups excluding carboxylic acids is 3. The molecule has 3 aliphatic rings. The summed E-state index contributed by atoms with van der Waals surface area (Å²) in [7, 11) is 0. The number of fused-ring (bicyclic) bond motifs is 6. The molecule has 0 aliphatic carbocycles. The number of benzene rings is 3. The fraction of sp³-hybridized carbons (Fsp3) is 0.200. The lowest BCUT2D eigenvalue weighted by Gasteiger charge is -2.33. The Kier molecular flexibility index (Phi) is 3.69. The highest BCUT2D eigenvalue weighted by molar-refractivity contribution is 6.24. The molecule has 6 rings (SSSR count). The van der Waals surface area contributed by atoms with Crippen molar-refractivity contribution in [1.82, 2.24) is 5.01 Å². The van der Waals surface area contributed by atoms with Gasteiger partial charge in [0.05, 0.1) is 29.8 Å². The van der Waals surface area contributed by atoms with Crippen LogP contribution in [0.1, 0.15) is 24.1 Å². The Balaban J connectivity index is 1.49. The van der Waals surface area contributed by atoms with E-state index in [9.17, 15) is 14.4 Å². The van der Waals surface area contributed by atoms with Crippen LogP contribution >= 0.6 is 0 Å². The summed E-state index contributed by atoms with van der Waals surface area (Å²) in [6.07, 6.45) is 1.71. The molecule has 2 saturated heterocycles. The van der Waals surface area contributed by atoms with Gasteiger partial charge in [0.2, 0.25) is 11.8 Å². The highest BCUT2D eigenvalue weighted by atomic mass is 16.2. The van der Waals surface area contributed by atoms with Gasteiger partial charge in [-0.15, -0.1) is 0 Å². The van der Waals surface area contributed by atoms with Crippen molar-refractivity contribution in [3.8, 4) is 0 Å². The molecule has 0 spiro atoms. The molecule has 0 radical (unpaired) electrons. The number of nitrogens with zero attached hydrogens (tertiary/aromatic N) is 3. The summed E-state index contributed by atoms with van der Waals surface area (Å²) in [5.74, 6) is -2.14. The molecule has 3 heterocycles. The van der Waals surface area contributed by atoms with Gasteiger partial charge in [-0.05, 0) is 41.0 Å². The fourth-order valence-electron chi connectivity index (χ4n) is 5.39. The molecule has 152 valence electrons. The fourth-order valence-corrected chi connectivity index (χ4v) is 5.39. The summed E-state index contributed by atoms with van der Waals surface area (Å²) in [6, 6.07) is 19.9. The Labute approximate surface area is 178 Å². The molecule has 0 bridgehead atoms. The van der Waals surface area contributed by atoms with Gasteiger partial charge in [0.1, 0.15) is 6.04 Å². The van der Waals surface area contributed by atoms with Gasteiger partial charge in [-0.3, -0.25) is 19.4 Å². The number of Topliss-reactive ketones (excluding diaryl/α,β-unsaturated/α-hetero) is 1. The van der Waals surface area contributed by atoms with E-state index in [0.29, 0.717) is 5.69 Å². The van der Waals surface area contributed by atoms with Gasteiger partial charge in [-0.25, -0.2) is 4.90 Å². The first-order valence-corrected chi connectivity index (χ1v) is 10.3. The first kappa shape index (κ1) is 18.0. The van der Waals surface area contributed by atoms with Gasteiger partial charge >= 0.3 is 0 Å². The number of ketones is 1. The largest absolute Gasteiger partial charge is 0.298 e. The van der Waals surface area contributed by atoms with E-state index in [1.54, 1.807) is 17.3 Å². The van der Waals surface area contributed by atoms with Crippen LogP contribution in [0.4, 0.5) is 5.69 Å². The maximum absolute atomic E-state index is 13.7. The van der Waals surface area contributed by atoms with Gasteiger partial charge < -0.3 is 0 Å². The van der Waals surface area contributed by atoms with E-state index in [1.165, 1.54) is 11.8 Å². The number of rotatable bonds is 2. The van der Waals surface area contributed by atoms with Crippen molar-refractivity contribution in [2.24, 2.45) is 16.9 Å². The number of hydrogen-bond acceptors (Lipinski definition) is 5. The molecule has 0 unspecified atom stereocenters. The van der Waals surface area contributed by atoms with E-state index in [0.717, 1.165) is 21.9 Å². The Morgan fingerprint density at radius 1 is 0.871 bits per heavy atom. The van der Waals surface area contributed by atoms with E-state index in [-0.39, 0.29) is 17.6 Å². The zero-order valence-electron chi connectivity index (χ0n) is 16.8. The molecule has 4 atom stereocenters. The van der Waals surface area contributed by atoms with E-state index in [2.05, 4.69) is 5.10 Å². The predicted octanol–water partition coefficient (Wildman–Crippen LogP) is 3.31. The number of hydrazone groups is 1. The molecule has 3 aromatic carbocycles. The number of amides is 2. The van der Waals surface area contributed by atoms with Crippen LogP contribution in [-0.4, -0.2) is 34.9 Å². The van der Waals surface area contributed by atoms with Crippen LogP contribution < -0.4 is 4.90 Å². The third kappa shape index (κ3) is 2.39. The van der Waals surface area contributed by atoms with Crippen LogP contribution in [0.5, 0.6) is 0 Å². The number of imide groups is 1. The smallest absolute Gasteiger partial charge is 0.240 e. The highest BCUT2D eigenvalue weighted by Crippen LogP contribution is 2.52. The average molecular weight is 409 g/mol. The second-order valence-corrected chi connectivity index (χ2v) is 8.35. The second-order valence-electron chi connectivity index (χ2n) is 8.35. The predicted molar refractivity (Wildman–Crippen MR) is 117 cm³/mol. The number of anilines is 1. The lowest BCUT2D eigenvalue weighted by Crippen LogP contribution is -2.43. The molecule has 0 aromatic heterocycles. The Hall–Kier alpha value is -3.80. The summed E-state index contributed by atoms with van der Waals surface area (Å²) < 4.78 is 0. The minimum Gasteiger partial charge on any atom is -0.298 e. The Morgan fingerprint density at radius 3 is 2.39 bits per heavy atom. The third-order valence-electron chi connectivity index (χ3n) is 6.70. The number of hydrogen-bond donors (Lipinski definition) is 0. The van der Waals surface area contributed by atoms with Crippen LogP contribution in [0.25, 0.3) is 10.8 Å². The van der Waals surface area contributed by atoms with Crippen LogP contribution in [0, 0.1) is 11.8 Å². The zero-order chi connectivity index (χ0) is 21.3. The molecular weight excluding hydrogens is 390 g/mol. The van der Waals surface area contributed by atoms with Crippen molar-refractivity contribution >= 4 is 40.3 Å². The Morgan fingerprint density at radius 2 is 1.58 bits per heavy atom. The Bertz CT molecular complexity index is 1310. The van der Waals surface area contributed by atoms with E-state index < -0.39 is 23.9 Å². The zero-order valence-corrected chi connectivity index (χ0v) is 16.8. The summed E-state index contributed by atoms with van der Waals surface area (Å²) in [5.41, 5.74) is 2.39. The molecule has 3 aromatic rings. The van der Waals surface area contributed by atoms with Crippen LogP contribution in [-0.2, 0) is 14.4 Å². The molecule has 2 amide bonds. The summed E-state index contributed by atoms with van der Waals surface area (Å²) in [6.45, 7) is 1.47. The summed E-state index contributed by atoms with van der Waals surface area (Å²) in [5, 5.41) is 8.15. The van der Waals surface area contributed by atoms with Gasteiger partial charge in [0.15, 0.2) is 5.78 Å². The van der Waals surface area contributed by atoms with E-state index in [4.69, 9.17) is 0 Å². The van der Waals surface area contributed by atoms with Crippen LogP contribution in [0.15, 0.2) is 71.8 Å². The third-order valence-corrected chi connectivity index (χ3v) is 6.70. The van der Waals surface area contributed by atoms with Crippen LogP contribution in [0.2, 0.25) is 0 Å². The lowest BCUT2D eigenvalue weighted by molar-refractivity contribution is -0.129. The topological polar surface area (TPSA) is 70.0 Å². The van der Waals surface area contributed by atoms with Crippen molar-refractivity contribution in [3.05, 3.63) is 77.9 Å². The molecule has 3 aliphatic heterocycles. The van der Waals surface area contributed by atoms with Crippen molar-refractivity contribution in [2.75, 3.05) is 4.90 Å². The normalized spacial score (nSPS) is 26.2.